The van der Waals surface area contributed by atoms with Gasteiger partial charge in [0.25, 0.3) is 5.56 Å². The molecule has 0 bridgehead atoms. The number of benzene rings is 3. The van der Waals surface area contributed by atoms with Gasteiger partial charge >= 0.3 is 5.69 Å². The van der Waals surface area contributed by atoms with Gasteiger partial charge in [-0.2, -0.15) is 15.0 Å². The summed E-state index contributed by atoms with van der Waals surface area (Å²) in [6.45, 7) is -0.335. The molecule has 2 aromatic heterocycles. The van der Waals surface area contributed by atoms with E-state index in [-0.39, 0.29) is 23.9 Å². The van der Waals surface area contributed by atoms with Crippen LogP contribution in [0.2, 0.25) is 5.02 Å². The largest absolute Gasteiger partial charge is 0.472 e. The number of aromatic nitrogens is 2. The summed E-state index contributed by atoms with van der Waals surface area (Å²) >= 11 is 6.09. The van der Waals surface area contributed by atoms with Gasteiger partial charge in [-0.1, -0.05) is 23.7 Å². The van der Waals surface area contributed by atoms with Crippen molar-refractivity contribution in [3.05, 3.63) is 97.8 Å². The van der Waals surface area contributed by atoms with Crippen LogP contribution in [-0.4, -0.2) is 27.4 Å². The molecule has 11 heteroatoms. The second-order valence-corrected chi connectivity index (χ2v) is 7.97. The lowest BCUT2D eigenvalue weighted by Gasteiger charge is -2.07. The van der Waals surface area contributed by atoms with Gasteiger partial charge in [0.2, 0.25) is 5.82 Å². The number of rotatable bonds is 6. The highest BCUT2D eigenvalue weighted by molar-refractivity contribution is 6.31. The third-order valence-electron chi connectivity index (χ3n) is 5.25. The van der Waals surface area contributed by atoms with Crippen molar-refractivity contribution in [1.29, 1.82) is 5.26 Å². The van der Waals surface area contributed by atoms with E-state index in [1.807, 2.05) is 0 Å². The van der Waals surface area contributed by atoms with E-state index in [1.165, 1.54) is 24.4 Å². The van der Waals surface area contributed by atoms with E-state index in [0.717, 1.165) is 10.1 Å². The fourth-order valence-corrected chi connectivity index (χ4v) is 3.81. The second kappa shape index (κ2) is 9.32. The monoisotopic (exact) mass is 499 g/mol. The Labute approximate surface area is 207 Å². The van der Waals surface area contributed by atoms with Crippen molar-refractivity contribution < 1.29 is 14.1 Å². The summed E-state index contributed by atoms with van der Waals surface area (Å²) < 4.78 is 12.1. The molecule has 176 valence electrons. The third kappa shape index (κ3) is 4.26. The van der Waals surface area contributed by atoms with Crippen molar-refractivity contribution in [3.8, 4) is 23.4 Å². The lowest BCUT2D eigenvalue weighted by molar-refractivity contribution is -0.385. The van der Waals surface area contributed by atoms with E-state index in [4.69, 9.17) is 26.0 Å². The van der Waals surface area contributed by atoms with Crippen molar-refractivity contribution in [2.24, 2.45) is 5.10 Å². The molecule has 0 unspecified atom stereocenters. The number of nitro groups is 1. The molecule has 0 aliphatic heterocycles. The van der Waals surface area contributed by atoms with E-state index in [0.29, 0.717) is 32.8 Å². The number of nitriles is 1. The van der Waals surface area contributed by atoms with Crippen LogP contribution in [0.5, 0.6) is 5.75 Å². The van der Waals surface area contributed by atoms with E-state index in [1.54, 1.807) is 54.6 Å². The maximum Gasteiger partial charge on any atom is 0.311 e. The molecule has 0 saturated heterocycles. The maximum absolute atomic E-state index is 13.3. The SMILES string of the molecule is N#CCOc1ccc(C=Nn2c(-c3cc4cc(Cl)ccc4o3)nc3ccccc3c2=O)cc1[N+](=O)[O-]. The van der Waals surface area contributed by atoms with Gasteiger partial charge in [0.15, 0.2) is 18.1 Å². The first-order valence-electron chi connectivity index (χ1n) is 10.5. The summed E-state index contributed by atoms with van der Waals surface area (Å²) in [5.41, 5.74) is 0.544. The Kier molecular flexibility index (Phi) is 5.90. The van der Waals surface area contributed by atoms with Gasteiger partial charge in [-0.3, -0.25) is 14.9 Å². The lowest BCUT2D eigenvalue weighted by Crippen LogP contribution is -2.20. The highest BCUT2D eigenvalue weighted by Crippen LogP contribution is 2.30. The molecule has 0 atom stereocenters. The lowest BCUT2D eigenvalue weighted by atomic mass is 10.2. The van der Waals surface area contributed by atoms with Crippen LogP contribution in [0.25, 0.3) is 33.5 Å². The Balaban J connectivity index is 1.65. The Bertz CT molecular complexity index is 1780. The molecule has 36 heavy (non-hydrogen) atoms. The first-order valence-corrected chi connectivity index (χ1v) is 10.9. The number of ether oxygens (including phenoxy) is 1. The highest BCUT2D eigenvalue weighted by atomic mass is 35.5. The minimum Gasteiger partial charge on any atom is -0.472 e. The average molecular weight is 500 g/mol. The first kappa shape index (κ1) is 22.8. The molecule has 0 fully saturated rings. The zero-order chi connectivity index (χ0) is 25.2. The van der Waals surface area contributed by atoms with Crippen LogP contribution < -0.4 is 10.3 Å². The van der Waals surface area contributed by atoms with Gasteiger partial charge in [0.05, 0.1) is 22.0 Å². The third-order valence-corrected chi connectivity index (χ3v) is 5.48. The zero-order valence-corrected chi connectivity index (χ0v) is 19.0. The van der Waals surface area contributed by atoms with Gasteiger partial charge in [-0.05, 0) is 48.5 Å². The predicted molar refractivity (Wildman–Crippen MR) is 133 cm³/mol. The van der Waals surface area contributed by atoms with E-state index < -0.39 is 10.5 Å². The number of para-hydroxylation sites is 1. The van der Waals surface area contributed by atoms with Gasteiger partial charge in [0.1, 0.15) is 11.7 Å². The Morgan fingerprint density at radius 3 is 2.83 bits per heavy atom. The number of nitrogens with zero attached hydrogens (tertiary/aromatic N) is 5. The number of hydrogen-bond acceptors (Lipinski definition) is 8. The van der Waals surface area contributed by atoms with Crippen molar-refractivity contribution >= 4 is 45.4 Å². The fourth-order valence-electron chi connectivity index (χ4n) is 3.63. The molecule has 0 N–H and O–H groups in total. The minimum atomic E-state index is -0.626. The second-order valence-electron chi connectivity index (χ2n) is 7.54. The predicted octanol–water partition coefficient (Wildman–Crippen LogP) is 5.16. The molecule has 3 aromatic carbocycles. The summed E-state index contributed by atoms with van der Waals surface area (Å²) in [5, 5.41) is 26.0. The fraction of sp³-hybridized carbons (Fsp3) is 0.0400. The molecule has 5 rings (SSSR count). The molecular weight excluding hydrogens is 486 g/mol. The molecular formula is C25H14ClN5O5. The van der Waals surface area contributed by atoms with Crippen LogP contribution in [-0.2, 0) is 0 Å². The molecule has 5 aromatic rings. The topological polar surface area (TPSA) is 137 Å². The average Bonchev–Trinajstić information content (AvgIpc) is 3.30. The number of fused-ring (bicyclic) bond motifs is 2. The number of nitro benzene ring substituents is 1. The Morgan fingerprint density at radius 2 is 2.03 bits per heavy atom. The van der Waals surface area contributed by atoms with Crippen LogP contribution >= 0.6 is 11.6 Å². The smallest absolute Gasteiger partial charge is 0.311 e. The number of hydrogen-bond donors (Lipinski definition) is 0. The van der Waals surface area contributed by atoms with Gasteiger partial charge in [-0.15, -0.1) is 0 Å². The van der Waals surface area contributed by atoms with Crippen LogP contribution in [0.3, 0.4) is 0 Å². The normalized spacial score (nSPS) is 11.2. The quantitative estimate of drug-likeness (QED) is 0.179. The standard InChI is InChI=1S/C25H14ClN5O5/c26-17-6-8-21-16(12-17)13-23(36-21)24-29-19-4-2-1-3-18(19)25(32)30(24)28-14-15-5-7-22(35-10-9-27)20(11-15)31(33)34/h1-8,11-14H,10H2. The van der Waals surface area contributed by atoms with Crippen LogP contribution in [0, 0.1) is 21.4 Å². The first-order chi connectivity index (χ1) is 17.4. The molecule has 0 saturated carbocycles. The zero-order valence-electron chi connectivity index (χ0n) is 18.3. The summed E-state index contributed by atoms with van der Waals surface area (Å²) in [5.74, 6) is 0.383. The van der Waals surface area contributed by atoms with Gasteiger partial charge < -0.3 is 9.15 Å². The van der Waals surface area contributed by atoms with Crippen molar-refractivity contribution in [2.45, 2.75) is 0 Å². The van der Waals surface area contributed by atoms with E-state index in [2.05, 4.69) is 10.1 Å². The molecule has 0 radical (unpaired) electrons. The van der Waals surface area contributed by atoms with E-state index >= 15 is 0 Å². The van der Waals surface area contributed by atoms with E-state index in [9.17, 15) is 14.9 Å². The summed E-state index contributed by atoms with van der Waals surface area (Å²) in [6, 6.07) is 19.5. The van der Waals surface area contributed by atoms with Crippen molar-refractivity contribution in [2.75, 3.05) is 6.61 Å². The summed E-state index contributed by atoms with van der Waals surface area (Å²) in [7, 11) is 0. The summed E-state index contributed by atoms with van der Waals surface area (Å²) in [4.78, 5) is 28.8. The minimum absolute atomic E-state index is 0.0511. The molecule has 0 spiro atoms. The van der Waals surface area contributed by atoms with Crippen molar-refractivity contribution in [3.63, 3.8) is 0 Å². The van der Waals surface area contributed by atoms with Crippen LogP contribution in [0.15, 0.2) is 81.0 Å². The maximum atomic E-state index is 13.3. The highest BCUT2D eigenvalue weighted by Gasteiger charge is 2.18. The van der Waals surface area contributed by atoms with Crippen LogP contribution in [0.4, 0.5) is 5.69 Å². The van der Waals surface area contributed by atoms with Crippen molar-refractivity contribution in [1.82, 2.24) is 9.66 Å². The summed E-state index contributed by atoms with van der Waals surface area (Å²) in [6.07, 6.45) is 1.29. The molecule has 10 nitrogen and oxygen atoms in total. The molecule has 0 amide bonds. The molecule has 2 heterocycles. The van der Waals surface area contributed by atoms with Gasteiger partial charge in [0, 0.05) is 22.0 Å². The van der Waals surface area contributed by atoms with Gasteiger partial charge in [-0.25, -0.2) is 4.98 Å². The number of halogens is 1. The Morgan fingerprint density at radius 1 is 1.19 bits per heavy atom. The molecule has 0 aliphatic carbocycles. The number of furan rings is 1. The molecule has 0 aliphatic rings. The van der Waals surface area contributed by atoms with Crippen LogP contribution in [0.1, 0.15) is 5.56 Å². The Hall–Kier alpha value is -5.01.